The van der Waals surface area contributed by atoms with E-state index in [1.165, 1.54) is 0 Å². The average Bonchev–Trinajstić information content (AvgIpc) is 2.99. The van der Waals surface area contributed by atoms with E-state index in [0.717, 1.165) is 21.5 Å². The molecule has 0 spiro atoms. The number of amides is 1. The molecule has 0 radical (unpaired) electrons. The van der Waals surface area contributed by atoms with Gasteiger partial charge in [0, 0.05) is 23.4 Å². The molecule has 2 atom stereocenters. The number of fused-ring (bicyclic) bond motifs is 5. The molecule has 1 amide bonds. The highest BCUT2D eigenvalue weighted by atomic mass is 19.4. The van der Waals surface area contributed by atoms with Crippen molar-refractivity contribution in [3.63, 3.8) is 0 Å². The summed E-state index contributed by atoms with van der Waals surface area (Å²) in [4.78, 5) is 17.8. The van der Waals surface area contributed by atoms with Gasteiger partial charge in [-0.1, -0.05) is 41.5 Å². The fraction of sp³-hybridized carbons (Fsp3) is 0.636. The Bertz CT molecular complexity index is 1000. The Kier molecular flexibility index (Phi) is 4.02. The van der Waals surface area contributed by atoms with E-state index in [2.05, 4.69) is 11.9 Å². The van der Waals surface area contributed by atoms with Gasteiger partial charge in [0.25, 0.3) is 0 Å². The summed E-state index contributed by atoms with van der Waals surface area (Å²) in [6.07, 6.45) is -4.01. The molecule has 158 valence electrons. The predicted octanol–water partition coefficient (Wildman–Crippen LogP) is 5.13. The van der Waals surface area contributed by atoms with Crippen LogP contribution in [0.4, 0.5) is 13.2 Å². The van der Waals surface area contributed by atoms with E-state index >= 15 is 0 Å². The number of carbonyl (C=O) groups is 1. The number of piperidine rings is 1. The quantitative estimate of drug-likeness (QED) is 0.607. The van der Waals surface area contributed by atoms with E-state index in [4.69, 9.17) is 4.42 Å². The lowest BCUT2D eigenvalue weighted by Gasteiger charge is -2.60. The maximum atomic E-state index is 13.2. The maximum absolute atomic E-state index is 13.2. The van der Waals surface area contributed by atoms with Crippen LogP contribution >= 0.6 is 0 Å². The molecule has 0 saturated carbocycles. The number of oxazole rings is 1. The molecule has 4 nitrogen and oxygen atoms in total. The summed E-state index contributed by atoms with van der Waals surface area (Å²) in [6, 6.07) is 3.43. The van der Waals surface area contributed by atoms with Crippen molar-refractivity contribution in [3.8, 4) is 0 Å². The zero-order valence-electron chi connectivity index (χ0n) is 17.7. The van der Waals surface area contributed by atoms with Gasteiger partial charge in [-0.25, -0.2) is 4.98 Å². The average molecular weight is 408 g/mol. The maximum Gasteiger partial charge on any atom is 0.471 e. The first kappa shape index (κ1) is 20.2. The van der Waals surface area contributed by atoms with Crippen molar-refractivity contribution >= 4 is 17.0 Å². The van der Waals surface area contributed by atoms with Crippen molar-refractivity contribution in [1.29, 1.82) is 0 Å². The van der Waals surface area contributed by atoms with Crippen LogP contribution in [-0.2, 0) is 22.0 Å². The molecule has 2 aliphatic rings. The highest BCUT2D eigenvalue weighted by Crippen LogP contribution is 2.57. The topological polar surface area (TPSA) is 46.3 Å². The number of alkyl halides is 3. The third kappa shape index (κ3) is 2.80. The predicted molar refractivity (Wildman–Crippen MR) is 104 cm³/mol. The van der Waals surface area contributed by atoms with Crippen LogP contribution < -0.4 is 0 Å². The summed E-state index contributed by atoms with van der Waals surface area (Å²) in [7, 11) is 0. The molecule has 1 aliphatic carbocycles. The molecule has 4 rings (SSSR count). The lowest BCUT2D eigenvalue weighted by Crippen LogP contribution is -2.66. The number of nitrogens with zero attached hydrogens (tertiary/aromatic N) is 2. The van der Waals surface area contributed by atoms with E-state index in [0.29, 0.717) is 24.3 Å². The Morgan fingerprint density at radius 2 is 1.86 bits per heavy atom. The van der Waals surface area contributed by atoms with E-state index in [1.54, 1.807) is 0 Å². The first-order valence-corrected chi connectivity index (χ1v) is 9.98. The summed E-state index contributed by atoms with van der Waals surface area (Å²) >= 11 is 0. The van der Waals surface area contributed by atoms with E-state index < -0.39 is 23.5 Å². The minimum absolute atomic E-state index is 0.104. The van der Waals surface area contributed by atoms with E-state index in [-0.39, 0.29) is 17.4 Å². The van der Waals surface area contributed by atoms with Gasteiger partial charge in [0.05, 0.1) is 0 Å². The molecule has 1 aromatic carbocycles. The first-order chi connectivity index (χ1) is 13.2. The molecule has 0 N–H and O–H groups in total. The van der Waals surface area contributed by atoms with Crippen molar-refractivity contribution < 1.29 is 22.4 Å². The lowest BCUT2D eigenvalue weighted by atomic mass is 9.51. The fourth-order valence-electron chi connectivity index (χ4n) is 5.06. The Labute approximate surface area is 168 Å². The number of hydrogen-bond donors (Lipinski definition) is 0. The number of hydrogen-bond acceptors (Lipinski definition) is 3. The number of aromatic nitrogens is 1. The summed E-state index contributed by atoms with van der Waals surface area (Å²) < 4.78 is 45.6. The number of likely N-dealkylation sites (tertiary alicyclic amines) is 1. The Morgan fingerprint density at radius 1 is 1.21 bits per heavy atom. The SMILES string of the molecule is CC(C)(C)c1nc2cc3c(cc2o1)CC1N(C(=O)C(F)(F)F)CC[C@]3(C)C1(C)C. The van der Waals surface area contributed by atoms with Crippen molar-refractivity contribution in [2.24, 2.45) is 5.41 Å². The molecule has 29 heavy (non-hydrogen) atoms. The molecule has 7 heteroatoms. The monoisotopic (exact) mass is 408 g/mol. The van der Waals surface area contributed by atoms with E-state index in [1.807, 2.05) is 46.8 Å². The molecule has 1 fully saturated rings. The largest absolute Gasteiger partial charge is 0.471 e. The second kappa shape index (κ2) is 5.76. The summed E-state index contributed by atoms with van der Waals surface area (Å²) in [5, 5.41) is 0. The van der Waals surface area contributed by atoms with Crippen LogP contribution in [0.15, 0.2) is 16.5 Å². The van der Waals surface area contributed by atoms with E-state index in [9.17, 15) is 18.0 Å². The van der Waals surface area contributed by atoms with Crippen LogP contribution in [0.25, 0.3) is 11.1 Å². The van der Waals surface area contributed by atoms with Crippen LogP contribution in [0.5, 0.6) is 0 Å². The normalized spacial score (nSPS) is 26.5. The fourth-order valence-corrected chi connectivity index (χ4v) is 5.06. The third-order valence-corrected chi connectivity index (χ3v) is 7.25. The molecule has 2 aromatic rings. The first-order valence-electron chi connectivity index (χ1n) is 9.98. The molecular formula is C22H27F3N2O2. The highest BCUT2D eigenvalue weighted by molar-refractivity contribution is 5.83. The Morgan fingerprint density at radius 3 is 2.45 bits per heavy atom. The van der Waals surface area contributed by atoms with Gasteiger partial charge in [-0.05, 0) is 41.5 Å². The zero-order chi connectivity index (χ0) is 21.6. The van der Waals surface area contributed by atoms with Gasteiger partial charge in [-0.15, -0.1) is 0 Å². The molecule has 1 aromatic heterocycles. The molecule has 2 bridgehead atoms. The standard InChI is InChI=1S/C22H27F3N2O2/c1-19(2,3)17-26-14-11-13-12(9-15(14)29-17)10-16-20(4,5)21(13,6)7-8-27(16)18(28)22(23,24)25/h9,11,16H,7-8,10H2,1-6H3/t16?,21-/m0/s1. The second-order valence-electron chi connectivity index (χ2n) is 10.3. The van der Waals surface area contributed by atoms with Gasteiger partial charge in [0.15, 0.2) is 5.58 Å². The number of rotatable bonds is 0. The molecule has 2 heterocycles. The van der Waals surface area contributed by atoms with Crippen LogP contribution in [0.3, 0.4) is 0 Å². The Hall–Kier alpha value is -2.05. The number of benzene rings is 1. The van der Waals surface area contributed by atoms with Gasteiger partial charge >= 0.3 is 12.1 Å². The second-order valence-corrected chi connectivity index (χ2v) is 10.3. The highest BCUT2D eigenvalue weighted by Gasteiger charge is 2.59. The van der Waals surface area contributed by atoms with Gasteiger partial charge in [-0.2, -0.15) is 13.2 Å². The van der Waals surface area contributed by atoms with Crippen molar-refractivity contribution in [2.75, 3.05) is 6.54 Å². The van der Waals surface area contributed by atoms with Gasteiger partial charge < -0.3 is 9.32 Å². The summed E-state index contributed by atoms with van der Waals surface area (Å²) in [5.74, 6) is -1.10. The van der Waals surface area contributed by atoms with Gasteiger partial charge in [-0.3, -0.25) is 4.79 Å². The minimum atomic E-state index is -4.86. The summed E-state index contributed by atoms with van der Waals surface area (Å²) in [5.41, 5.74) is 2.36. The number of carbonyl (C=O) groups excluding carboxylic acids is 1. The van der Waals surface area contributed by atoms with Gasteiger partial charge in [0.2, 0.25) is 5.89 Å². The van der Waals surface area contributed by atoms with Gasteiger partial charge in [0.1, 0.15) is 5.52 Å². The smallest absolute Gasteiger partial charge is 0.440 e. The van der Waals surface area contributed by atoms with Crippen molar-refractivity contribution in [2.45, 2.75) is 77.4 Å². The lowest BCUT2D eigenvalue weighted by molar-refractivity contribution is -0.195. The zero-order valence-corrected chi connectivity index (χ0v) is 17.7. The number of halogens is 3. The van der Waals surface area contributed by atoms with Crippen LogP contribution in [-0.4, -0.2) is 34.6 Å². The van der Waals surface area contributed by atoms with Crippen molar-refractivity contribution in [1.82, 2.24) is 9.88 Å². The van der Waals surface area contributed by atoms with Crippen molar-refractivity contribution in [3.05, 3.63) is 29.2 Å². The molecule has 1 aliphatic heterocycles. The minimum Gasteiger partial charge on any atom is -0.440 e. The van der Waals surface area contributed by atoms with Crippen LogP contribution in [0.1, 0.15) is 65.0 Å². The van der Waals surface area contributed by atoms with Crippen LogP contribution in [0, 0.1) is 5.41 Å². The molecule has 1 saturated heterocycles. The third-order valence-electron chi connectivity index (χ3n) is 7.25. The molecular weight excluding hydrogens is 381 g/mol. The Balaban J connectivity index is 1.86. The molecule has 1 unspecified atom stereocenters. The van der Waals surface area contributed by atoms with Crippen LogP contribution in [0.2, 0.25) is 0 Å². The summed E-state index contributed by atoms with van der Waals surface area (Å²) in [6.45, 7) is 12.2.